The van der Waals surface area contributed by atoms with E-state index in [2.05, 4.69) is 10.3 Å². The average Bonchev–Trinajstić information content (AvgIpc) is 3.06. The summed E-state index contributed by atoms with van der Waals surface area (Å²) >= 11 is 0. The van der Waals surface area contributed by atoms with Crippen molar-refractivity contribution in [2.24, 2.45) is 0 Å². The minimum Gasteiger partial charge on any atom is -0.480 e. The standard InChI is InChI=1S/C15H16N2O3/c18-13(17-15(14(19)20)7-1-2-8-15)11-4-3-5-12-10(11)6-9-16-12/h3-6,9,16H,1-2,7-8H2,(H,17,18)(H,19,20). The molecular weight excluding hydrogens is 256 g/mol. The summed E-state index contributed by atoms with van der Waals surface area (Å²) in [5, 5.41) is 13.0. The molecule has 0 unspecified atom stereocenters. The van der Waals surface area contributed by atoms with Gasteiger partial charge in [-0.25, -0.2) is 4.79 Å². The Labute approximate surface area is 116 Å². The Morgan fingerprint density at radius 1 is 1.20 bits per heavy atom. The second-order valence-electron chi connectivity index (χ2n) is 5.29. The first-order valence-corrected chi connectivity index (χ1v) is 6.74. The van der Waals surface area contributed by atoms with Crippen molar-refractivity contribution >= 4 is 22.8 Å². The number of nitrogens with one attached hydrogen (secondary N) is 2. The summed E-state index contributed by atoms with van der Waals surface area (Å²) in [4.78, 5) is 27.0. The largest absolute Gasteiger partial charge is 0.480 e. The van der Waals surface area contributed by atoms with Crippen molar-refractivity contribution in [3.05, 3.63) is 36.0 Å². The third kappa shape index (κ3) is 1.95. The number of hydrogen-bond acceptors (Lipinski definition) is 2. The Balaban J connectivity index is 1.93. The zero-order valence-electron chi connectivity index (χ0n) is 11.0. The van der Waals surface area contributed by atoms with Gasteiger partial charge in [-0.05, 0) is 31.0 Å². The smallest absolute Gasteiger partial charge is 0.329 e. The number of hydrogen-bond donors (Lipinski definition) is 3. The van der Waals surface area contributed by atoms with Crippen LogP contribution >= 0.6 is 0 Å². The lowest BCUT2D eigenvalue weighted by atomic mass is 9.97. The summed E-state index contributed by atoms with van der Waals surface area (Å²) in [6, 6.07) is 7.22. The second-order valence-corrected chi connectivity index (χ2v) is 5.29. The SMILES string of the molecule is O=C(NC1(C(=O)O)CCCC1)c1cccc2[nH]ccc12. The first kappa shape index (κ1) is 12.7. The average molecular weight is 272 g/mol. The van der Waals surface area contributed by atoms with Crippen molar-refractivity contribution in [3.63, 3.8) is 0 Å². The van der Waals surface area contributed by atoms with Gasteiger partial charge in [0.2, 0.25) is 0 Å². The third-order valence-corrected chi connectivity index (χ3v) is 4.06. The van der Waals surface area contributed by atoms with Crippen LogP contribution in [0.2, 0.25) is 0 Å². The van der Waals surface area contributed by atoms with Gasteiger partial charge in [0.25, 0.3) is 5.91 Å². The zero-order chi connectivity index (χ0) is 14.2. The molecule has 1 aromatic carbocycles. The number of aromatic nitrogens is 1. The molecule has 1 fully saturated rings. The number of carbonyl (C=O) groups excluding carboxylic acids is 1. The van der Waals surface area contributed by atoms with Crippen LogP contribution in [0.5, 0.6) is 0 Å². The Morgan fingerprint density at radius 3 is 2.65 bits per heavy atom. The van der Waals surface area contributed by atoms with Crippen LogP contribution in [-0.2, 0) is 4.79 Å². The lowest BCUT2D eigenvalue weighted by Crippen LogP contribution is -2.52. The highest BCUT2D eigenvalue weighted by molar-refractivity contribution is 6.07. The Morgan fingerprint density at radius 2 is 1.95 bits per heavy atom. The number of rotatable bonds is 3. The molecule has 0 bridgehead atoms. The van der Waals surface area contributed by atoms with Gasteiger partial charge in [-0.15, -0.1) is 0 Å². The van der Waals surface area contributed by atoms with Gasteiger partial charge in [0.05, 0.1) is 0 Å². The van der Waals surface area contributed by atoms with Crippen molar-refractivity contribution < 1.29 is 14.7 Å². The van der Waals surface area contributed by atoms with Gasteiger partial charge >= 0.3 is 5.97 Å². The lowest BCUT2D eigenvalue weighted by molar-refractivity contribution is -0.144. The van der Waals surface area contributed by atoms with E-state index in [0.717, 1.165) is 23.7 Å². The van der Waals surface area contributed by atoms with Gasteiger partial charge in [-0.2, -0.15) is 0 Å². The van der Waals surface area contributed by atoms with Crippen molar-refractivity contribution in [2.45, 2.75) is 31.2 Å². The number of aromatic amines is 1. The van der Waals surface area contributed by atoms with E-state index in [1.54, 1.807) is 18.3 Å². The van der Waals surface area contributed by atoms with Gasteiger partial charge in [-0.3, -0.25) is 4.79 Å². The monoisotopic (exact) mass is 272 g/mol. The summed E-state index contributed by atoms with van der Waals surface area (Å²) in [6.45, 7) is 0. The van der Waals surface area contributed by atoms with Crippen molar-refractivity contribution in [1.29, 1.82) is 0 Å². The zero-order valence-corrected chi connectivity index (χ0v) is 11.0. The molecule has 20 heavy (non-hydrogen) atoms. The molecule has 1 amide bonds. The Hall–Kier alpha value is -2.30. The number of carbonyl (C=O) groups is 2. The summed E-state index contributed by atoms with van der Waals surface area (Å²) in [6.07, 6.45) is 4.43. The number of aliphatic carboxylic acids is 1. The fraction of sp³-hybridized carbons (Fsp3) is 0.333. The van der Waals surface area contributed by atoms with E-state index in [1.165, 1.54) is 0 Å². The van der Waals surface area contributed by atoms with Crippen LogP contribution in [0.3, 0.4) is 0 Å². The number of H-pyrrole nitrogens is 1. The lowest BCUT2D eigenvalue weighted by Gasteiger charge is -2.25. The Bertz CT molecular complexity index is 669. The number of carboxylic acids is 1. The molecule has 0 aliphatic heterocycles. The molecule has 3 N–H and O–H groups in total. The maximum atomic E-state index is 12.4. The molecule has 1 aliphatic carbocycles. The molecule has 1 aliphatic rings. The molecule has 3 rings (SSSR count). The Kier molecular flexibility index (Phi) is 2.97. The van der Waals surface area contributed by atoms with Crippen LogP contribution in [0.1, 0.15) is 36.0 Å². The number of benzene rings is 1. The molecule has 0 spiro atoms. The second kappa shape index (κ2) is 4.67. The maximum absolute atomic E-state index is 12.4. The minimum atomic E-state index is -1.10. The highest BCUT2D eigenvalue weighted by Gasteiger charge is 2.42. The van der Waals surface area contributed by atoms with E-state index in [4.69, 9.17) is 0 Å². The molecule has 0 atom stereocenters. The van der Waals surface area contributed by atoms with Gasteiger partial charge in [-0.1, -0.05) is 18.9 Å². The van der Waals surface area contributed by atoms with Crippen molar-refractivity contribution in [3.8, 4) is 0 Å². The van der Waals surface area contributed by atoms with E-state index in [-0.39, 0.29) is 5.91 Å². The van der Waals surface area contributed by atoms with Crippen LogP contribution in [0.4, 0.5) is 0 Å². The van der Waals surface area contributed by atoms with Gasteiger partial charge in [0.1, 0.15) is 5.54 Å². The summed E-state index contributed by atoms with van der Waals surface area (Å²) < 4.78 is 0. The fourth-order valence-electron chi connectivity index (χ4n) is 2.94. The van der Waals surface area contributed by atoms with Crippen LogP contribution in [-0.4, -0.2) is 27.5 Å². The van der Waals surface area contributed by atoms with E-state index < -0.39 is 11.5 Å². The van der Waals surface area contributed by atoms with Crippen molar-refractivity contribution in [1.82, 2.24) is 10.3 Å². The van der Waals surface area contributed by atoms with Crippen LogP contribution in [0.15, 0.2) is 30.5 Å². The molecular formula is C15H16N2O3. The van der Waals surface area contributed by atoms with Gasteiger partial charge < -0.3 is 15.4 Å². The fourth-order valence-corrected chi connectivity index (χ4v) is 2.94. The summed E-state index contributed by atoms with van der Waals surface area (Å²) in [5.41, 5.74) is 0.278. The summed E-state index contributed by atoms with van der Waals surface area (Å²) in [5.74, 6) is -1.26. The van der Waals surface area contributed by atoms with E-state index >= 15 is 0 Å². The molecule has 5 heteroatoms. The molecule has 1 heterocycles. The van der Waals surface area contributed by atoms with E-state index in [1.807, 2.05) is 12.1 Å². The minimum absolute atomic E-state index is 0.320. The van der Waals surface area contributed by atoms with Crippen LogP contribution in [0, 0.1) is 0 Å². The normalized spacial score (nSPS) is 17.2. The molecule has 1 aromatic heterocycles. The van der Waals surface area contributed by atoms with Crippen LogP contribution in [0.25, 0.3) is 10.9 Å². The molecule has 0 saturated heterocycles. The molecule has 5 nitrogen and oxygen atoms in total. The first-order chi connectivity index (χ1) is 9.62. The number of fused-ring (bicyclic) bond motifs is 1. The van der Waals surface area contributed by atoms with E-state index in [9.17, 15) is 14.7 Å². The third-order valence-electron chi connectivity index (χ3n) is 4.06. The van der Waals surface area contributed by atoms with E-state index in [0.29, 0.717) is 18.4 Å². The molecule has 2 aromatic rings. The number of carboxylic acid groups (broad SMARTS) is 1. The van der Waals surface area contributed by atoms with Gasteiger partial charge in [0, 0.05) is 22.7 Å². The summed E-state index contributed by atoms with van der Waals surface area (Å²) in [7, 11) is 0. The predicted octanol–water partition coefficient (Wildman–Crippen LogP) is 2.30. The quantitative estimate of drug-likeness (QED) is 0.801. The van der Waals surface area contributed by atoms with Crippen molar-refractivity contribution in [2.75, 3.05) is 0 Å². The highest BCUT2D eigenvalue weighted by Crippen LogP contribution is 2.30. The molecule has 1 saturated carbocycles. The van der Waals surface area contributed by atoms with Crippen LogP contribution < -0.4 is 5.32 Å². The first-order valence-electron chi connectivity index (χ1n) is 6.74. The van der Waals surface area contributed by atoms with Gasteiger partial charge in [0.15, 0.2) is 0 Å². The maximum Gasteiger partial charge on any atom is 0.329 e. The molecule has 104 valence electrons. The number of amides is 1. The molecule has 0 radical (unpaired) electrons. The topological polar surface area (TPSA) is 82.2 Å². The predicted molar refractivity (Wildman–Crippen MR) is 74.6 cm³/mol. The highest BCUT2D eigenvalue weighted by atomic mass is 16.4.